The van der Waals surface area contributed by atoms with Crippen LogP contribution in [0.2, 0.25) is 0 Å². The fraction of sp³-hybridized carbons (Fsp3) is 0.571. The molecule has 1 aliphatic carbocycles. The van der Waals surface area contributed by atoms with Crippen molar-refractivity contribution in [3.8, 4) is 0 Å². The van der Waals surface area contributed by atoms with Crippen LogP contribution in [0.4, 0.5) is 21.9 Å². The summed E-state index contributed by atoms with van der Waals surface area (Å²) in [7, 11) is 0. The molecule has 3 aliphatic rings. The maximum atomic E-state index is 12.8. The Bertz CT molecular complexity index is 887. The van der Waals surface area contributed by atoms with Gasteiger partial charge in [-0.1, -0.05) is 12.8 Å². The molecule has 0 bridgehead atoms. The molecular weight excluding hydrogens is 404 g/mol. The van der Waals surface area contributed by atoms with Crippen molar-refractivity contribution in [2.75, 3.05) is 42.6 Å². The minimum Gasteiger partial charge on any atom is -0.450 e. The third-order valence-electron chi connectivity index (χ3n) is 6.40. The largest absolute Gasteiger partial charge is 0.450 e. The molecule has 0 aromatic heterocycles. The number of nitro benzene ring substituents is 1. The number of anilines is 2. The van der Waals surface area contributed by atoms with E-state index >= 15 is 0 Å². The van der Waals surface area contributed by atoms with Gasteiger partial charge in [-0.3, -0.25) is 19.7 Å². The zero-order chi connectivity index (χ0) is 22.1. The lowest BCUT2D eigenvalue weighted by Gasteiger charge is -2.35. The van der Waals surface area contributed by atoms with Gasteiger partial charge in [0.15, 0.2) is 0 Å². The number of amides is 3. The summed E-state index contributed by atoms with van der Waals surface area (Å²) in [5.41, 5.74) is 0.510. The number of ether oxygens (including phenoxy) is 1. The average molecular weight is 430 g/mol. The van der Waals surface area contributed by atoms with Gasteiger partial charge in [0.25, 0.3) is 5.69 Å². The highest BCUT2D eigenvalue weighted by atomic mass is 16.6. The van der Waals surface area contributed by atoms with Gasteiger partial charge in [-0.25, -0.2) is 9.69 Å². The average Bonchev–Trinajstić information content (AvgIpc) is 3.04. The molecule has 10 nitrogen and oxygen atoms in total. The van der Waals surface area contributed by atoms with E-state index in [1.165, 1.54) is 6.07 Å². The van der Waals surface area contributed by atoms with Crippen LogP contribution in [-0.4, -0.2) is 60.5 Å². The summed E-state index contributed by atoms with van der Waals surface area (Å²) in [4.78, 5) is 53.4. The van der Waals surface area contributed by atoms with Gasteiger partial charge in [-0.15, -0.1) is 0 Å². The van der Waals surface area contributed by atoms with E-state index in [2.05, 4.69) is 0 Å². The Kier molecular flexibility index (Phi) is 5.79. The number of hydrogen-bond donors (Lipinski definition) is 0. The van der Waals surface area contributed by atoms with Crippen molar-refractivity contribution in [3.05, 3.63) is 28.3 Å². The van der Waals surface area contributed by atoms with Crippen molar-refractivity contribution in [1.29, 1.82) is 0 Å². The molecule has 2 aliphatic heterocycles. The van der Waals surface area contributed by atoms with Gasteiger partial charge in [0.1, 0.15) is 5.69 Å². The number of rotatable bonds is 4. The molecule has 10 heteroatoms. The zero-order valence-corrected chi connectivity index (χ0v) is 17.5. The predicted molar refractivity (Wildman–Crippen MR) is 112 cm³/mol. The SMILES string of the molecule is CCOC(=O)N1CCN(c2ccc(N3C(=O)C4CCCCC4C3=O)cc2[N+](=O)[O-])CC1. The van der Waals surface area contributed by atoms with Gasteiger partial charge < -0.3 is 14.5 Å². The molecule has 166 valence electrons. The molecule has 0 radical (unpaired) electrons. The maximum absolute atomic E-state index is 12.8. The molecule has 0 N–H and O–H groups in total. The highest BCUT2D eigenvalue weighted by Crippen LogP contribution is 2.42. The quantitative estimate of drug-likeness (QED) is 0.410. The van der Waals surface area contributed by atoms with Crippen LogP contribution in [0.1, 0.15) is 32.6 Å². The molecule has 2 atom stereocenters. The minimum absolute atomic E-state index is 0.155. The van der Waals surface area contributed by atoms with Crippen LogP contribution in [-0.2, 0) is 14.3 Å². The normalized spacial score (nSPS) is 23.7. The Hall–Kier alpha value is -3.17. The lowest BCUT2D eigenvalue weighted by molar-refractivity contribution is -0.384. The fourth-order valence-electron chi connectivity index (χ4n) is 4.83. The molecule has 3 fully saturated rings. The number of imide groups is 1. The summed E-state index contributed by atoms with van der Waals surface area (Å²) < 4.78 is 5.01. The van der Waals surface area contributed by atoms with Crippen LogP contribution in [0.5, 0.6) is 0 Å². The summed E-state index contributed by atoms with van der Waals surface area (Å²) in [6, 6.07) is 4.52. The van der Waals surface area contributed by atoms with Gasteiger partial charge in [-0.05, 0) is 31.9 Å². The van der Waals surface area contributed by atoms with Crippen molar-refractivity contribution < 1.29 is 24.0 Å². The lowest BCUT2D eigenvalue weighted by Crippen LogP contribution is -2.49. The Labute approximate surface area is 179 Å². The molecular formula is C21H26N4O6. The first-order chi connectivity index (χ1) is 14.9. The van der Waals surface area contributed by atoms with Gasteiger partial charge in [0.2, 0.25) is 11.8 Å². The molecule has 1 aromatic carbocycles. The van der Waals surface area contributed by atoms with Gasteiger partial charge in [0, 0.05) is 32.2 Å². The van der Waals surface area contributed by atoms with Gasteiger partial charge >= 0.3 is 6.09 Å². The van der Waals surface area contributed by atoms with Crippen LogP contribution >= 0.6 is 0 Å². The number of benzene rings is 1. The minimum atomic E-state index is -0.491. The number of fused-ring (bicyclic) bond motifs is 1. The number of carbonyl (C=O) groups is 3. The van der Waals surface area contributed by atoms with E-state index < -0.39 is 4.92 Å². The third kappa shape index (κ3) is 3.82. The van der Waals surface area contributed by atoms with E-state index in [0.717, 1.165) is 17.7 Å². The van der Waals surface area contributed by atoms with Crippen molar-refractivity contribution >= 4 is 35.0 Å². The second-order valence-electron chi connectivity index (χ2n) is 8.11. The number of hydrogen-bond acceptors (Lipinski definition) is 7. The molecule has 2 unspecified atom stereocenters. The molecule has 1 saturated carbocycles. The molecule has 0 spiro atoms. The van der Waals surface area contributed by atoms with Crippen molar-refractivity contribution in [2.45, 2.75) is 32.6 Å². The summed E-state index contributed by atoms with van der Waals surface area (Å²) in [6.07, 6.45) is 2.84. The highest BCUT2D eigenvalue weighted by molar-refractivity contribution is 6.22. The molecule has 2 saturated heterocycles. The topological polar surface area (TPSA) is 113 Å². The van der Waals surface area contributed by atoms with Gasteiger partial charge in [0.05, 0.1) is 29.1 Å². The van der Waals surface area contributed by atoms with E-state index in [-0.39, 0.29) is 41.1 Å². The van der Waals surface area contributed by atoms with Crippen molar-refractivity contribution in [1.82, 2.24) is 4.90 Å². The van der Waals surface area contributed by atoms with E-state index in [1.54, 1.807) is 24.0 Å². The van der Waals surface area contributed by atoms with Crippen LogP contribution in [0.25, 0.3) is 0 Å². The Morgan fingerprint density at radius 1 is 1.10 bits per heavy atom. The summed E-state index contributed by atoms with van der Waals surface area (Å²) in [5.74, 6) is -1.12. The first kappa shape index (κ1) is 21.1. The number of piperazine rings is 1. The lowest BCUT2D eigenvalue weighted by atomic mass is 9.81. The fourth-order valence-corrected chi connectivity index (χ4v) is 4.83. The van der Waals surface area contributed by atoms with E-state index in [9.17, 15) is 24.5 Å². The summed E-state index contributed by atoms with van der Waals surface area (Å²) >= 11 is 0. The van der Waals surface area contributed by atoms with Crippen LogP contribution < -0.4 is 9.80 Å². The first-order valence-corrected chi connectivity index (χ1v) is 10.7. The highest BCUT2D eigenvalue weighted by Gasteiger charge is 2.49. The van der Waals surface area contributed by atoms with E-state index in [0.29, 0.717) is 51.3 Å². The third-order valence-corrected chi connectivity index (χ3v) is 6.40. The monoisotopic (exact) mass is 430 g/mol. The summed E-state index contributed by atoms with van der Waals surface area (Å²) in [6.45, 7) is 3.66. The van der Waals surface area contributed by atoms with Gasteiger partial charge in [-0.2, -0.15) is 0 Å². The van der Waals surface area contributed by atoms with Crippen LogP contribution in [0, 0.1) is 22.0 Å². The number of nitrogens with zero attached hydrogens (tertiary/aromatic N) is 4. The number of nitro groups is 1. The predicted octanol–water partition coefficient (Wildman–Crippen LogP) is 2.55. The molecule has 2 heterocycles. The Morgan fingerprint density at radius 2 is 1.71 bits per heavy atom. The van der Waals surface area contributed by atoms with Crippen molar-refractivity contribution in [2.24, 2.45) is 11.8 Å². The summed E-state index contributed by atoms with van der Waals surface area (Å²) in [5, 5.41) is 11.8. The van der Waals surface area contributed by atoms with Crippen LogP contribution in [0.3, 0.4) is 0 Å². The smallest absolute Gasteiger partial charge is 0.409 e. The standard InChI is InChI=1S/C21H26N4O6/c1-2-31-21(28)23-11-9-22(10-12-23)17-8-7-14(13-18(17)25(29)30)24-19(26)15-5-3-4-6-16(15)20(24)27/h7-8,13,15-16H,2-6,9-12H2,1H3. The van der Waals surface area contributed by atoms with E-state index in [1.807, 2.05) is 4.90 Å². The maximum Gasteiger partial charge on any atom is 0.409 e. The number of carbonyl (C=O) groups excluding carboxylic acids is 3. The molecule has 1 aromatic rings. The first-order valence-electron chi connectivity index (χ1n) is 10.7. The zero-order valence-electron chi connectivity index (χ0n) is 17.5. The van der Waals surface area contributed by atoms with E-state index in [4.69, 9.17) is 4.74 Å². The van der Waals surface area contributed by atoms with Crippen LogP contribution in [0.15, 0.2) is 18.2 Å². The molecule has 3 amide bonds. The molecule has 4 rings (SSSR count). The second-order valence-corrected chi connectivity index (χ2v) is 8.11. The second kappa shape index (κ2) is 8.52. The molecule has 31 heavy (non-hydrogen) atoms. The Morgan fingerprint density at radius 3 is 2.26 bits per heavy atom. The Balaban J connectivity index is 1.56. The van der Waals surface area contributed by atoms with Crippen molar-refractivity contribution in [3.63, 3.8) is 0 Å².